The smallest absolute Gasteiger partial charge is 0.261 e. The van der Waals surface area contributed by atoms with Gasteiger partial charge in [0.25, 0.3) is 11.8 Å². The Morgan fingerprint density at radius 1 is 0.716 bits per heavy atom. The predicted molar refractivity (Wildman–Crippen MR) is 285 cm³/mol. The van der Waals surface area contributed by atoms with Gasteiger partial charge in [-0.05, 0) is 96.3 Å². The van der Waals surface area contributed by atoms with Gasteiger partial charge in [-0.25, -0.2) is 0 Å². The molecule has 0 aromatic heterocycles. The normalized spacial score (nSPS) is 17.1. The number of benzene rings is 5. The third-order valence-electron chi connectivity index (χ3n) is 14.6. The third-order valence-corrected chi connectivity index (χ3v) is 14.6. The molecule has 0 bridgehead atoms. The van der Waals surface area contributed by atoms with E-state index in [1.54, 1.807) is 39.5 Å². The summed E-state index contributed by atoms with van der Waals surface area (Å²) in [7, 11) is 4.78. The lowest BCUT2D eigenvalue weighted by Crippen LogP contribution is -2.39. The van der Waals surface area contributed by atoms with Gasteiger partial charge in [-0.2, -0.15) is 0 Å². The summed E-state index contributed by atoms with van der Waals surface area (Å²) in [6.07, 6.45) is 7.89. The Bertz CT molecular complexity index is 2870. The number of para-hydroxylation sites is 2. The number of rotatable bonds is 24. The summed E-state index contributed by atoms with van der Waals surface area (Å²) in [5.74, 6) is 2.17. The molecule has 0 saturated heterocycles. The molecular formula is C58H66N6O10. The van der Waals surface area contributed by atoms with Crippen LogP contribution in [0.4, 0.5) is 28.4 Å². The number of carbonyl (C=O) groups is 3. The standard InChI is InChI=1S/C58H66N6O10/c1-68-20-21-72-23-22-71-19-18-62(17-9-16-56(65)61-33-38-10-8-11-38)43-25-39(36-73-54-31-48-46(29-52(54)69-2)57(66)63-44(34-59-48)27-41-12-4-6-14-50(41)63)24-40(26-43)37-74-55-32-49-47(30-53(55)70-3)58(67)64-45(35-60-49)28-42-13-5-7-15-51(42)64/h4-7,12-15,24-26,29-32,34,38,44-45,60H,8-11,16-23,27-28,33,35-37H2,1-3H3,(H,61,65). The summed E-state index contributed by atoms with van der Waals surface area (Å²) in [4.78, 5) is 52.2. The second-order valence-corrected chi connectivity index (χ2v) is 19.5. The van der Waals surface area contributed by atoms with E-state index in [0.29, 0.717) is 123 Å². The maximum Gasteiger partial charge on any atom is 0.261 e. The largest absolute Gasteiger partial charge is 0.493 e. The lowest BCUT2D eigenvalue weighted by Gasteiger charge is -2.27. The van der Waals surface area contributed by atoms with Gasteiger partial charge in [-0.3, -0.25) is 24.3 Å². The predicted octanol–water partition coefficient (Wildman–Crippen LogP) is 8.33. The molecule has 1 saturated carbocycles. The van der Waals surface area contributed by atoms with Crippen LogP contribution in [0.15, 0.2) is 96.0 Å². The van der Waals surface area contributed by atoms with Crippen molar-refractivity contribution in [2.24, 2.45) is 10.9 Å². The summed E-state index contributed by atoms with van der Waals surface area (Å²) < 4.78 is 41.8. The molecule has 5 aliphatic rings. The highest BCUT2D eigenvalue weighted by atomic mass is 16.5. The maximum absolute atomic E-state index is 14.2. The number of anilines is 4. The number of carbonyl (C=O) groups excluding carboxylic acids is 3. The first-order valence-corrected chi connectivity index (χ1v) is 25.9. The van der Waals surface area contributed by atoms with E-state index < -0.39 is 0 Å². The van der Waals surface area contributed by atoms with Crippen LogP contribution < -0.4 is 44.3 Å². The molecule has 388 valence electrons. The van der Waals surface area contributed by atoms with Crippen LogP contribution in [0.2, 0.25) is 0 Å². The van der Waals surface area contributed by atoms with Crippen molar-refractivity contribution in [2.45, 2.75) is 70.2 Å². The molecule has 74 heavy (non-hydrogen) atoms. The van der Waals surface area contributed by atoms with Gasteiger partial charge in [0.15, 0.2) is 23.0 Å². The highest BCUT2D eigenvalue weighted by molar-refractivity contribution is 6.15. The van der Waals surface area contributed by atoms with Crippen LogP contribution in [0.5, 0.6) is 23.0 Å². The number of fused-ring (bicyclic) bond motifs is 8. The van der Waals surface area contributed by atoms with Crippen molar-refractivity contribution in [3.63, 3.8) is 0 Å². The summed E-state index contributed by atoms with van der Waals surface area (Å²) in [5, 5.41) is 6.68. The summed E-state index contributed by atoms with van der Waals surface area (Å²) in [6, 6.07) is 29.1. The van der Waals surface area contributed by atoms with E-state index in [2.05, 4.69) is 39.8 Å². The van der Waals surface area contributed by atoms with Gasteiger partial charge in [0.05, 0.1) is 81.8 Å². The van der Waals surface area contributed by atoms with Gasteiger partial charge in [0.1, 0.15) is 13.2 Å². The van der Waals surface area contributed by atoms with Gasteiger partial charge in [-0.1, -0.05) is 42.8 Å². The first kappa shape index (κ1) is 50.4. The summed E-state index contributed by atoms with van der Waals surface area (Å²) >= 11 is 0. The number of nitrogens with one attached hydrogen (secondary N) is 2. The maximum atomic E-state index is 14.2. The number of hydrogen-bond acceptors (Lipinski definition) is 13. The molecule has 2 atom stereocenters. The van der Waals surface area contributed by atoms with E-state index in [4.69, 9.17) is 38.2 Å². The quantitative estimate of drug-likeness (QED) is 0.0570. The molecule has 1 fully saturated rings. The highest BCUT2D eigenvalue weighted by Crippen LogP contribution is 2.43. The molecular weight excluding hydrogens is 941 g/mol. The average Bonchev–Trinajstić information content (AvgIpc) is 3.90. The fraction of sp³-hybridized carbons (Fsp3) is 0.414. The SMILES string of the molecule is COCCOCCOCCN(CCCC(=O)NCC1CCC1)c1cc(COc2cc3c(cc2OC)C(=O)N2c4ccccc4CC2C=N3)cc(COc2cc3c(cc2OC)C(=O)N2c4ccccc4CC2CN3)c1. The molecule has 1 aliphatic carbocycles. The Kier molecular flexibility index (Phi) is 15.9. The summed E-state index contributed by atoms with van der Waals surface area (Å²) in [5.41, 5.74) is 8.80. The molecule has 3 amide bonds. The summed E-state index contributed by atoms with van der Waals surface area (Å²) in [6.45, 7) is 5.02. The molecule has 4 heterocycles. The molecule has 5 aromatic carbocycles. The van der Waals surface area contributed by atoms with Gasteiger partial charge in [0, 0.05) is 81.5 Å². The van der Waals surface area contributed by atoms with E-state index >= 15 is 0 Å². The Morgan fingerprint density at radius 3 is 2.07 bits per heavy atom. The Morgan fingerprint density at radius 2 is 1.36 bits per heavy atom. The van der Waals surface area contributed by atoms with Crippen LogP contribution in [0.1, 0.15) is 75.1 Å². The minimum absolute atomic E-state index is 0.0211. The minimum atomic E-state index is -0.198. The van der Waals surface area contributed by atoms with Crippen LogP contribution in [0.25, 0.3) is 0 Å². The van der Waals surface area contributed by atoms with E-state index in [-0.39, 0.29) is 43.0 Å². The number of ether oxygens (including phenoxy) is 7. The molecule has 2 unspecified atom stereocenters. The number of nitrogens with zero attached hydrogens (tertiary/aromatic N) is 4. The topological polar surface area (TPSA) is 162 Å². The monoisotopic (exact) mass is 1010 g/mol. The first-order chi connectivity index (χ1) is 36.3. The molecule has 0 spiro atoms. The van der Waals surface area contributed by atoms with Crippen molar-refractivity contribution in [1.82, 2.24) is 5.32 Å². The van der Waals surface area contributed by atoms with E-state index in [0.717, 1.165) is 52.3 Å². The average molecular weight is 1010 g/mol. The van der Waals surface area contributed by atoms with Crippen molar-refractivity contribution in [3.05, 3.63) is 124 Å². The van der Waals surface area contributed by atoms with Crippen molar-refractivity contribution >= 4 is 52.4 Å². The fourth-order valence-electron chi connectivity index (χ4n) is 10.5. The van der Waals surface area contributed by atoms with Gasteiger partial charge < -0.3 is 53.6 Å². The molecule has 0 radical (unpaired) electrons. The molecule has 5 aromatic rings. The second kappa shape index (κ2) is 23.4. The zero-order valence-electron chi connectivity index (χ0n) is 42.6. The number of hydrogen-bond donors (Lipinski definition) is 2. The zero-order chi connectivity index (χ0) is 51.0. The van der Waals surface area contributed by atoms with Gasteiger partial charge >= 0.3 is 0 Å². The minimum Gasteiger partial charge on any atom is -0.493 e. The Balaban J connectivity index is 0.916. The molecule has 16 heteroatoms. The van der Waals surface area contributed by atoms with E-state index in [9.17, 15) is 14.4 Å². The Labute approximate surface area is 432 Å². The number of methoxy groups -OCH3 is 3. The van der Waals surface area contributed by atoms with Crippen LogP contribution in [-0.2, 0) is 45.1 Å². The van der Waals surface area contributed by atoms with Crippen LogP contribution in [0, 0.1) is 5.92 Å². The van der Waals surface area contributed by atoms with Gasteiger partial charge in [0.2, 0.25) is 5.91 Å². The molecule has 16 nitrogen and oxygen atoms in total. The lowest BCUT2D eigenvalue weighted by molar-refractivity contribution is -0.121. The highest BCUT2D eigenvalue weighted by Gasteiger charge is 2.39. The molecule has 2 N–H and O–H groups in total. The van der Waals surface area contributed by atoms with Crippen molar-refractivity contribution in [1.29, 1.82) is 0 Å². The molecule has 10 rings (SSSR count). The van der Waals surface area contributed by atoms with E-state index in [1.165, 1.54) is 19.3 Å². The van der Waals surface area contributed by atoms with Crippen LogP contribution >= 0.6 is 0 Å². The van der Waals surface area contributed by atoms with Crippen molar-refractivity contribution in [2.75, 3.05) is 101 Å². The second-order valence-electron chi connectivity index (χ2n) is 19.5. The fourth-order valence-corrected chi connectivity index (χ4v) is 10.5. The van der Waals surface area contributed by atoms with E-state index in [1.807, 2.05) is 64.5 Å². The number of aliphatic imine (C=N–C) groups is 1. The third kappa shape index (κ3) is 11.2. The van der Waals surface area contributed by atoms with Gasteiger partial charge in [-0.15, -0.1) is 0 Å². The number of amides is 3. The van der Waals surface area contributed by atoms with Crippen LogP contribution in [-0.4, -0.2) is 117 Å². The van der Waals surface area contributed by atoms with Crippen molar-refractivity contribution < 1.29 is 47.5 Å². The lowest BCUT2D eigenvalue weighted by atomic mass is 9.85. The first-order valence-electron chi connectivity index (χ1n) is 25.9. The molecule has 4 aliphatic heterocycles. The van der Waals surface area contributed by atoms with Crippen molar-refractivity contribution in [3.8, 4) is 23.0 Å². The Hall–Kier alpha value is -7.14. The van der Waals surface area contributed by atoms with Crippen LogP contribution in [0.3, 0.4) is 0 Å². The zero-order valence-corrected chi connectivity index (χ0v) is 42.6.